The van der Waals surface area contributed by atoms with Gasteiger partial charge >= 0.3 is 0 Å². The molecule has 0 saturated carbocycles. The third-order valence-electron chi connectivity index (χ3n) is 3.32. The van der Waals surface area contributed by atoms with Crippen LogP contribution in [0, 0.1) is 0 Å². The maximum absolute atomic E-state index is 12.3. The number of nitrogens with two attached hydrogens (primary N) is 1. The number of aromatic nitrogens is 1. The fraction of sp³-hybridized carbons (Fsp3) is 0.583. The Kier molecular flexibility index (Phi) is 5.02. The van der Waals surface area contributed by atoms with E-state index < -0.39 is 0 Å². The summed E-state index contributed by atoms with van der Waals surface area (Å²) in [5, 5.41) is 0. The van der Waals surface area contributed by atoms with Crippen molar-refractivity contribution >= 4 is 18.3 Å². The van der Waals surface area contributed by atoms with Crippen LogP contribution >= 0.6 is 12.4 Å². The highest BCUT2D eigenvalue weighted by Crippen LogP contribution is 2.18. The molecule has 1 saturated heterocycles. The number of hydrogen-bond donors (Lipinski definition) is 1. The van der Waals surface area contributed by atoms with Crippen LogP contribution in [0.4, 0.5) is 0 Å². The van der Waals surface area contributed by atoms with Crippen LogP contribution in [0.5, 0.6) is 0 Å². The molecule has 0 aromatic carbocycles. The Morgan fingerprint density at radius 1 is 1.53 bits per heavy atom. The van der Waals surface area contributed by atoms with Crippen molar-refractivity contribution in [3.8, 4) is 0 Å². The van der Waals surface area contributed by atoms with Gasteiger partial charge in [0.15, 0.2) is 0 Å². The van der Waals surface area contributed by atoms with Crippen LogP contribution in [0.25, 0.3) is 0 Å². The van der Waals surface area contributed by atoms with E-state index in [-0.39, 0.29) is 24.4 Å². The van der Waals surface area contributed by atoms with E-state index in [1.165, 1.54) is 6.42 Å². The molecule has 0 bridgehead atoms. The molecule has 4 nitrogen and oxygen atoms in total. The SMILES string of the molecule is Cl.Cn1cccc1C(=O)N1CCCCC1CN. The lowest BCUT2D eigenvalue weighted by Crippen LogP contribution is -2.47. The van der Waals surface area contributed by atoms with Gasteiger partial charge in [0.25, 0.3) is 5.91 Å². The molecule has 1 aliphatic heterocycles. The Labute approximate surface area is 108 Å². The van der Waals surface area contributed by atoms with Crippen molar-refractivity contribution in [1.29, 1.82) is 0 Å². The fourth-order valence-corrected chi connectivity index (χ4v) is 2.34. The predicted molar refractivity (Wildman–Crippen MR) is 70.4 cm³/mol. The molecule has 0 aliphatic carbocycles. The molecule has 2 heterocycles. The van der Waals surface area contributed by atoms with Crippen LogP contribution in [-0.4, -0.2) is 34.5 Å². The smallest absolute Gasteiger partial charge is 0.270 e. The summed E-state index contributed by atoms with van der Waals surface area (Å²) in [6.45, 7) is 1.40. The van der Waals surface area contributed by atoms with Crippen LogP contribution in [0.3, 0.4) is 0 Å². The summed E-state index contributed by atoms with van der Waals surface area (Å²) < 4.78 is 1.87. The van der Waals surface area contributed by atoms with E-state index in [0.717, 1.165) is 25.1 Å². The summed E-state index contributed by atoms with van der Waals surface area (Å²) in [7, 11) is 1.90. The molecule has 0 spiro atoms. The van der Waals surface area contributed by atoms with Gasteiger partial charge in [-0.3, -0.25) is 4.79 Å². The standard InChI is InChI=1S/C12H19N3O.ClH/c1-14-7-4-6-11(14)12(16)15-8-3-2-5-10(15)9-13;/h4,6-7,10H,2-3,5,8-9,13H2,1H3;1H. The van der Waals surface area contributed by atoms with E-state index in [2.05, 4.69) is 0 Å². The molecule has 1 aromatic rings. The van der Waals surface area contributed by atoms with Crippen molar-refractivity contribution in [2.45, 2.75) is 25.3 Å². The van der Waals surface area contributed by atoms with E-state index in [9.17, 15) is 4.79 Å². The van der Waals surface area contributed by atoms with Crippen LogP contribution < -0.4 is 5.73 Å². The predicted octanol–water partition coefficient (Wildman–Crippen LogP) is 1.40. The molecule has 1 aromatic heterocycles. The first-order chi connectivity index (χ1) is 7.74. The number of nitrogens with zero attached hydrogens (tertiary/aromatic N) is 2. The molecule has 1 aliphatic rings. The summed E-state index contributed by atoms with van der Waals surface area (Å²) >= 11 is 0. The average Bonchev–Trinajstić information content (AvgIpc) is 2.74. The molecule has 17 heavy (non-hydrogen) atoms. The molecule has 2 N–H and O–H groups in total. The number of halogens is 1. The molecule has 2 rings (SSSR count). The van der Waals surface area contributed by atoms with Crippen molar-refractivity contribution in [3.05, 3.63) is 24.0 Å². The summed E-state index contributed by atoms with van der Waals surface area (Å²) in [6.07, 6.45) is 5.20. The lowest BCUT2D eigenvalue weighted by atomic mass is 10.0. The topological polar surface area (TPSA) is 51.3 Å². The van der Waals surface area contributed by atoms with Gasteiger partial charge in [0, 0.05) is 32.4 Å². The second-order valence-corrected chi connectivity index (χ2v) is 4.39. The minimum absolute atomic E-state index is 0. The number of amides is 1. The summed E-state index contributed by atoms with van der Waals surface area (Å²) in [5.41, 5.74) is 6.47. The minimum Gasteiger partial charge on any atom is -0.347 e. The van der Waals surface area contributed by atoms with Crippen LogP contribution in [0.2, 0.25) is 0 Å². The highest BCUT2D eigenvalue weighted by molar-refractivity contribution is 5.93. The Morgan fingerprint density at radius 2 is 2.29 bits per heavy atom. The zero-order valence-electron chi connectivity index (χ0n) is 10.1. The monoisotopic (exact) mass is 257 g/mol. The molecule has 1 fully saturated rings. The number of carbonyl (C=O) groups excluding carboxylic acids is 1. The van der Waals surface area contributed by atoms with Crippen LogP contribution in [-0.2, 0) is 7.05 Å². The number of hydrogen-bond acceptors (Lipinski definition) is 2. The quantitative estimate of drug-likeness (QED) is 0.871. The van der Waals surface area contributed by atoms with Crippen molar-refractivity contribution in [2.75, 3.05) is 13.1 Å². The van der Waals surface area contributed by atoms with Crippen LogP contribution in [0.15, 0.2) is 18.3 Å². The molecular formula is C12H20ClN3O. The van der Waals surface area contributed by atoms with Crippen molar-refractivity contribution in [3.63, 3.8) is 0 Å². The van der Waals surface area contributed by atoms with Crippen molar-refractivity contribution in [2.24, 2.45) is 12.8 Å². The van der Waals surface area contributed by atoms with Gasteiger partial charge in [0.1, 0.15) is 5.69 Å². The fourth-order valence-electron chi connectivity index (χ4n) is 2.34. The lowest BCUT2D eigenvalue weighted by molar-refractivity contribution is 0.0613. The third kappa shape index (κ3) is 2.82. The molecule has 96 valence electrons. The second-order valence-electron chi connectivity index (χ2n) is 4.39. The van der Waals surface area contributed by atoms with Gasteiger partial charge in [0.05, 0.1) is 0 Å². The average molecular weight is 258 g/mol. The summed E-state index contributed by atoms with van der Waals surface area (Å²) in [4.78, 5) is 14.2. The van der Waals surface area contributed by atoms with Gasteiger partial charge < -0.3 is 15.2 Å². The zero-order valence-corrected chi connectivity index (χ0v) is 10.9. The Bertz CT molecular complexity index is 378. The molecule has 1 unspecified atom stereocenters. The van der Waals surface area contributed by atoms with Gasteiger partial charge in [-0.2, -0.15) is 0 Å². The van der Waals surface area contributed by atoms with Gasteiger partial charge in [-0.25, -0.2) is 0 Å². The third-order valence-corrected chi connectivity index (χ3v) is 3.32. The van der Waals surface area contributed by atoms with E-state index in [4.69, 9.17) is 5.73 Å². The Morgan fingerprint density at radius 3 is 2.88 bits per heavy atom. The first kappa shape index (κ1) is 14.1. The molecule has 5 heteroatoms. The van der Waals surface area contributed by atoms with Gasteiger partial charge in [0.2, 0.25) is 0 Å². The molecule has 0 radical (unpaired) electrons. The Hall–Kier alpha value is -1.00. The number of aryl methyl sites for hydroxylation is 1. The van der Waals surface area contributed by atoms with E-state index in [1.54, 1.807) is 0 Å². The highest BCUT2D eigenvalue weighted by atomic mass is 35.5. The molecule has 1 amide bonds. The van der Waals surface area contributed by atoms with E-state index >= 15 is 0 Å². The van der Waals surface area contributed by atoms with Crippen molar-refractivity contribution in [1.82, 2.24) is 9.47 Å². The van der Waals surface area contributed by atoms with Gasteiger partial charge in [-0.05, 0) is 31.4 Å². The van der Waals surface area contributed by atoms with Crippen molar-refractivity contribution < 1.29 is 4.79 Å². The second kappa shape index (κ2) is 6.07. The first-order valence-electron chi connectivity index (χ1n) is 5.86. The largest absolute Gasteiger partial charge is 0.347 e. The van der Waals surface area contributed by atoms with Gasteiger partial charge in [-0.1, -0.05) is 0 Å². The minimum atomic E-state index is 0. The maximum atomic E-state index is 12.3. The maximum Gasteiger partial charge on any atom is 0.270 e. The number of carbonyl (C=O) groups is 1. The highest BCUT2D eigenvalue weighted by Gasteiger charge is 2.27. The van der Waals surface area contributed by atoms with Gasteiger partial charge in [-0.15, -0.1) is 12.4 Å². The number of likely N-dealkylation sites (tertiary alicyclic amines) is 1. The number of rotatable bonds is 2. The lowest BCUT2D eigenvalue weighted by Gasteiger charge is -2.35. The molecular weight excluding hydrogens is 238 g/mol. The Balaban J connectivity index is 0.00000144. The summed E-state index contributed by atoms with van der Waals surface area (Å²) in [5.74, 6) is 0.114. The zero-order chi connectivity index (χ0) is 11.5. The van der Waals surface area contributed by atoms with Crippen LogP contribution in [0.1, 0.15) is 29.8 Å². The first-order valence-corrected chi connectivity index (χ1v) is 5.86. The van der Waals surface area contributed by atoms with E-state index in [0.29, 0.717) is 6.54 Å². The number of piperidine rings is 1. The normalized spacial score (nSPS) is 19.9. The molecule has 1 atom stereocenters. The van der Waals surface area contributed by atoms with E-state index in [1.807, 2.05) is 34.8 Å². The summed E-state index contributed by atoms with van der Waals surface area (Å²) in [6, 6.07) is 3.98.